The molecule has 1 fully saturated rings. The van der Waals surface area contributed by atoms with Crippen LogP contribution in [0.5, 0.6) is 5.75 Å². The Morgan fingerprint density at radius 1 is 0.867 bits per heavy atom. The number of carbonyl (C=O) groups is 3. The molecular weight excluding hydrogens is 380 g/mol. The first-order chi connectivity index (χ1) is 14.6. The average Bonchev–Trinajstić information content (AvgIpc) is 3.05. The van der Waals surface area contributed by atoms with E-state index in [-0.39, 0.29) is 12.3 Å². The number of nitrogens with one attached hydrogen (secondary N) is 1. The number of methoxy groups -OCH3 is 1. The van der Waals surface area contributed by atoms with E-state index in [0.29, 0.717) is 22.4 Å². The van der Waals surface area contributed by atoms with Crippen molar-refractivity contribution < 1.29 is 19.1 Å². The van der Waals surface area contributed by atoms with Gasteiger partial charge in [0.05, 0.1) is 19.2 Å². The van der Waals surface area contributed by atoms with E-state index in [1.54, 1.807) is 48.5 Å². The van der Waals surface area contributed by atoms with E-state index in [1.807, 2.05) is 36.4 Å². The largest absolute Gasteiger partial charge is 0.496 e. The molecule has 0 aromatic heterocycles. The van der Waals surface area contributed by atoms with Crippen LogP contribution in [0.25, 0.3) is 0 Å². The number of imide groups is 1. The molecule has 1 aliphatic heterocycles. The van der Waals surface area contributed by atoms with E-state index in [0.717, 1.165) is 4.90 Å². The second kappa shape index (κ2) is 7.83. The fourth-order valence-electron chi connectivity index (χ4n) is 3.76. The minimum Gasteiger partial charge on any atom is -0.496 e. The highest BCUT2D eigenvalue weighted by molar-refractivity contribution is 6.13. The summed E-state index contributed by atoms with van der Waals surface area (Å²) in [5.41, 5.74) is 0.182. The van der Waals surface area contributed by atoms with Gasteiger partial charge in [0, 0.05) is 0 Å². The maximum absolute atomic E-state index is 13.6. The minimum atomic E-state index is -1.39. The molecule has 0 unspecified atom stereocenters. The van der Waals surface area contributed by atoms with Crippen molar-refractivity contribution >= 4 is 17.7 Å². The van der Waals surface area contributed by atoms with Gasteiger partial charge in [-0.1, -0.05) is 72.8 Å². The monoisotopic (exact) mass is 400 g/mol. The van der Waals surface area contributed by atoms with Crippen LogP contribution in [-0.2, 0) is 10.3 Å². The summed E-state index contributed by atoms with van der Waals surface area (Å²) in [7, 11) is 1.47. The molecule has 0 aliphatic carbocycles. The summed E-state index contributed by atoms with van der Waals surface area (Å²) in [5, 5.41) is 2.84. The minimum absolute atomic E-state index is 0.317. The van der Waals surface area contributed by atoms with Crippen LogP contribution in [0.3, 0.4) is 0 Å². The Bertz CT molecular complexity index is 1060. The molecule has 3 aromatic rings. The lowest BCUT2D eigenvalue weighted by Gasteiger charge is -2.28. The van der Waals surface area contributed by atoms with Crippen LogP contribution in [0.15, 0.2) is 84.9 Å². The lowest BCUT2D eigenvalue weighted by Crippen LogP contribution is -2.45. The number of para-hydroxylation sites is 1. The molecule has 6 nitrogen and oxygen atoms in total. The summed E-state index contributed by atoms with van der Waals surface area (Å²) >= 11 is 0. The third-order valence-corrected chi connectivity index (χ3v) is 5.23. The molecular formula is C24H20N2O4. The second-order valence-electron chi connectivity index (χ2n) is 6.93. The Morgan fingerprint density at radius 3 is 1.97 bits per heavy atom. The lowest BCUT2D eigenvalue weighted by atomic mass is 9.82. The maximum Gasteiger partial charge on any atom is 0.325 e. The summed E-state index contributed by atoms with van der Waals surface area (Å²) in [6.07, 6.45) is 0. The number of rotatable bonds is 6. The molecule has 0 bridgehead atoms. The van der Waals surface area contributed by atoms with Crippen molar-refractivity contribution in [3.05, 3.63) is 102 Å². The molecule has 0 spiro atoms. The van der Waals surface area contributed by atoms with Gasteiger partial charge in [0.25, 0.3) is 5.91 Å². The van der Waals surface area contributed by atoms with Gasteiger partial charge in [-0.3, -0.25) is 14.5 Å². The molecule has 150 valence electrons. The first-order valence-corrected chi connectivity index (χ1v) is 9.49. The SMILES string of the molecule is COc1ccccc1C(=O)CN1C(=O)NC(c2ccccc2)(c2ccccc2)C1=O. The highest BCUT2D eigenvalue weighted by atomic mass is 16.5. The molecule has 3 amide bonds. The van der Waals surface area contributed by atoms with Crippen LogP contribution in [0, 0.1) is 0 Å². The smallest absolute Gasteiger partial charge is 0.325 e. The maximum atomic E-state index is 13.6. The Labute approximate surface area is 174 Å². The Balaban J connectivity index is 1.73. The number of nitrogens with zero attached hydrogens (tertiary/aromatic N) is 1. The summed E-state index contributed by atoms with van der Waals surface area (Å²) in [6.45, 7) is -0.382. The molecule has 0 saturated carbocycles. The van der Waals surface area contributed by atoms with Gasteiger partial charge in [-0.15, -0.1) is 0 Å². The summed E-state index contributed by atoms with van der Waals surface area (Å²) < 4.78 is 5.24. The van der Waals surface area contributed by atoms with Crippen LogP contribution in [-0.4, -0.2) is 36.3 Å². The van der Waals surface area contributed by atoms with Gasteiger partial charge in [-0.05, 0) is 23.3 Å². The fourth-order valence-corrected chi connectivity index (χ4v) is 3.76. The first-order valence-electron chi connectivity index (χ1n) is 9.49. The van der Waals surface area contributed by atoms with Crippen molar-refractivity contribution in [2.75, 3.05) is 13.7 Å². The molecule has 1 heterocycles. The molecule has 30 heavy (non-hydrogen) atoms. The van der Waals surface area contributed by atoms with Crippen molar-refractivity contribution in [1.29, 1.82) is 0 Å². The molecule has 3 aromatic carbocycles. The van der Waals surface area contributed by atoms with E-state index >= 15 is 0 Å². The summed E-state index contributed by atoms with van der Waals surface area (Å²) in [4.78, 5) is 40.4. The predicted molar refractivity (Wildman–Crippen MR) is 111 cm³/mol. The van der Waals surface area contributed by atoms with Crippen LogP contribution in [0.4, 0.5) is 4.79 Å². The van der Waals surface area contributed by atoms with E-state index in [4.69, 9.17) is 4.74 Å². The fraction of sp³-hybridized carbons (Fsp3) is 0.125. The molecule has 0 radical (unpaired) electrons. The number of Topliss-reactive ketones (excluding diaryl/α,β-unsaturated/α-hetero) is 1. The number of benzene rings is 3. The van der Waals surface area contributed by atoms with E-state index in [1.165, 1.54) is 7.11 Å². The number of carbonyl (C=O) groups excluding carboxylic acids is 3. The second-order valence-corrected chi connectivity index (χ2v) is 6.93. The van der Waals surface area contributed by atoms with Gasteiger partial charge in [0.2, 0.25) is 0 Å². The van der Waals surface area contributed by atoms with Crippen molar-refractivity contribution in [3.63, 3.8) is 0 Å². The van der Waals surface area contributed by atoms with Crippen LogP contribution in [0.2, 0.25) is 0 Å². The number of urea groups is 1. The molecule has 1 aliphatic rings. The van der Waals surface area contributed by atoms with Crippen molar-refractivity contribution in [1.82, 2.24) is 10.2 Å². The van der Waals surface area contributed by atoms with Gasteiger partial charge >= 0.3 is 6.03 Å². The normalized spacial score (nSPS) is 15.0. The van der Waals surface area contributed by atoms with Crippen molar-refractivity contribution in [2.45, 2.75) is 5.54 Å². The van der Waals surface area contributed by atoms with Gasteiger partial charge in [-0.25, -0.2) is 4.79 Å². The Morgan fingerprint density at radius 2 is 1.40 bits per heavy atom. The van der Waals surface area contributed by atoms with E-state index in [2.05, 4.69) is 5.32 Å². The van der Waals surface area contributed by atoms with Crippen LogP contribution >= 0.6 is 0 Å². The first kappa shape index (κ1) is 19.4. The lowest BCUT2D eigenvalue weighted by molar-refractivity contribution is -0.129. The van der Waals surface area contributed by atoms with Crippen LogP contribution < -0.4 is 10.1 Å². The van der Waals surface area contributed by atoms with Gasteiger partial charge < -0.3 is 10.1 Å². The predicted octanol–water partition coefficient (Wildman–Crippen LogP) is 3.37. The third-order valence-electron chi connectivity index (χ3n) is 5.23. The average molecular weight is 400 g/mol. The topological polar surface area (TPSA) is 75.7 Å². The number of amides is 3. The molecule has 0 atom stereocenters. The quantitative estimate of drug-likeness (QED) is 0.508. The highest BCUT2D eigenvalue weighted by Crippen LogP contribution is 2.36. The summed E-state index contributed by atoms with van der Waals surface area (Å²) in [5.74, 6) is -0.479. The molecule has 4 rings (SSSR count). The number of ether oxygens (including phenoxy) is 1. The zero-order valence-electron chi connectivity index (χ0n) is 16.4. The molecule has 1 N–H and O–H groups in total. The highest BCUT2D eigenvalue weighted by Gasteiger charge is 2.54. The zero-order valence-corrected chi connectivity index (χ0v) is 16.4. The Kier molecular flexibility index (Phi) is 5.06. The standard InChI is InChI=1S/C24H20N2O4/c1-30-21-15-9-8-14-19(21)20(27)16-26-22(28)24(25-23(26)29,17-10-4-2-5-11-17)18-12-6-3-7-13-18/h2-15H,16H2,1H3,(H,25,29). The molecule has 1 saturated heterocycles. The van der Waals surface area contributed by atoms with E-state index in [9.17, 15) is 14.4 Å². The summed E-state index contributed by atoms with van der Waals surface area (Å²) in [6, 6.07) is 24.2. The van der Waals surface area contributed by atoms with Crippen molar-refractivity contribution in [3.8, 4) is 5.75 Å². The van der Waals surface area contributed by atoms with Crippen molar-refractivity contribution in [2.24, 2.45) is 0 Å². The number of ketones is 1. The zero-order chi connectivity index (χ0) is 21.1. The van der Waals surface area contributed by atoms with Crippen LogP contribution in [0.1, 0.15) is 21.5 Å². The van der Waals surface area contributed by atoms with E-state index < -0.39 is 17.5 Å². The number of hydrogen-bond donors (Lipinski definition) is 1. The van der Waals surface area contributed by atoms with Gasteiger partial charge in [-0.2, -0.15) is 0 Å². The van der Waals surface area contributed by atoms with Gasteiger partial charge in [0.15, 0.2) is 11.3 Å². The molecule has 6 heteroatoms. The third kappa shape index (κ3) is 3.12. The number of hydrogen-bond acceptors (Lipinski definition) is 4. The van der Waals surface area contributed by atoms with Gasteiger partial charge in [0.1, 0.15) is 5.75 Å². The Hall–Kier alpha value is -3.93.